The van der Waals surface area contributed by atoms with Crippen LogP contribution < -0.4 is 0 Å². The van der Waals surface area contributed by atoms with Crippen molar-refractivity contribution in [3.63, 3.8) is 0 Å². The summed E-state index contributed by atoms with van der Waals surface area (Å²) < 4.78 is 0.211. The highest BCUT2D eigenvalue weighted by Crippen LogP contribution is 2.04. The Hall–Kier alpha value is 1.05. The summed E-state index contributed by atoms with van der Waals surface area (Å²) in [5.41, 5.74) is 0. The van der Waals surface area contributed by atoms with Crippen molar-refractivity contribution in [1.82, 2.24) is 0 Å². The predicted molar refractivity (Wildman–Crippen MR) is 40.2 cm³/mol. The lowest BCUT2D eigenvalue weighted by Gasteiger charge is -1.93. The van der Waals surface area contributed by atoms with E-state index < -0.39 is 0 Å². The lowest BCUT2D eigenvalue weighted by atomic mass is 10.6. The van der Waals surface area contributed by atoms with Gasteiger partial charge < -0.3 is 0 Å². The van der Waals surface area contributed by atoms with Crippen molar-refractivity contribution in [3.8, 4) is 0 Å². The van der Waals surface area contributed by atoms with Gasteiger partial charge in [-0.3, -0.25) is 0 Å². The fraction of sp³-hybridized carbons (Fsp3) is 1.00. The van der Waals surface area contributed by atoms with Crippen LogP contribution in [0.2, 0.25) is 0 Å². The van der Waals surface area contributed by atoms with E-state index >= 15 is 0 Å². The van der Waals surface area contributed by atoms with E-state index in [2.05, 4.69) is 37.9 Å². The van der Waals surface area contributed by atoms with Crippen LogP contribution in [0.25, 0.3) is 0 Å². The van der Waals surface area contributed by atoms with Gasteiger partial charge in [0.15, 0.2) is 0 Å². The molecule has 0 aliphatic heterocycles. The molecule has 0 spiro atoms. The second-order valence-electron chi connectivity index (χ2n) is 0.993. The summed E-state index contributed by atoms with van der Waals surface area (Å²) in [5.74, 6) is 0.873. The van der Waals surface area contributed by atoms with Gasteiger partial charge in [-0.05, 0) is 12.2 Å². The largest absolute Gasteiger partial charge is 0.179 e. The normalized spacial score (nSPS) is 10.0. The highest BCUT2D eigenvalue weighted by Gasteiger charge is 1.88. The molecule has 0 bridgehead atoms. The van der Waals surface area contributed by atoms with Gasteiger partial charge in [-0.25, -0.2) is 0 Å². The average Bonchev–Trinajstić information content (AvgIpc) is 1.35. The molecule has 0 atom stereocenters. The van der Waals surface area contributed by atoms with Crippen LogP contribution in [0.4, 0.5) is 0 Å². The summed E-state index contributed by atoms with van der Waals surface area (Å²) in [5, 5.41) is 0. The molecule has 0 nitrogen and oxygen atoms in total. The molecule has 0 rings (SSSR count). The van der Waals surface area contributed by atoms with E-state index in [1.54, 1.807) is 0 Å². The van der Waals surface area contributed by atoms with Crippen LogP contribution >= 0.6 is 37.9 Å². The molecule has 0 saturated heterocycles. The standard InChI is InChI=1S/C3H8S3/c4-2-1-3(5)6/h3-6H,1-2H2. The van der Waals surface area contributed by atoms with Gasteiger partial charge in [-0.2, -0.15) is 37.9 Å². The van der Waals surface area contributed by atoms with Crippen molar-refractivity contribution in [3.05, 3.63) is 0 Å². The lowest BCUT2D eigenvalue weighted by Crippen LogP contribution is -1.85. The summed E-state index contributed by atoms with van der Waals surface area (Å²) in [6, 6.07) is 0. The fourth-order valence-electron chi connectivity index (χ4n) is 0.115. The smallest absolute Gasteiger partial charge is 0.0450 e. The van der Waals surface area contributed by atoms with Crippen LogP contribution in [-0.2, 0) is 0 Å². The van der Waals surface area contributed by atoms with Crippen LogP contribution in [0, 0.1) is 0 Å². The van der Waals surface area contributed by atoms with Crippen LogP contribution in [0.5, 0.6) is 0 Å². The van der Waals surface area contributed by atoms with E-state index in [-0.39, 0.29) is 4.58 Å². The van der Waals surface area contributed by atoms with Crippen molar-refractivity contribution in [2.45, 2.75) is 11.0 Å². The molecule has 0 amide bonds. The second-order valence-corrected chi connectivity index (χ2v) is 3.09. The SMILES string of the molecule is SCCC(S)S. The third kappa shape index (κ3) is 5.05. The number of rotatable bonds is 2. The van der Waals surface area contributed by atoms with Gasteiger partial charge >= 0.3 is 0 Å². The molecular formula is C3H8S3. The molecule has 0 unspecified atom stereocenters. The third-order valence-corrected chi connectivity index (χ3v) is 1.16. The van der Waals surface area contributed by atoms with Crippen LogP contribution in [0.1, 0.15) is 6.42 Å². The van der Waals surface area contributed by atoms with Crippen LogP contribution in [-0.4, -0.2) is 10.3 Å². The van der Waals surface area contributed by atoms with Gasteiger partial charge in [-0.1, -0.05) is 0 Å². The van der Waals surface area contributed by atoms with Gasteiger partial charge in [0.05, 0.1) is 0 Å². The molecular weight excluding hydrogens is 132 g/mol. The molecule has 0 fully saturated rings. The minimum absolute atomic E-state index is 0.211. The van der Waals surface area contributed by atoms with Gasteiger partial charge in [0.1, 0.15) is 0 Å². The van der Waals surface area contributed by atoms with E-state index in [0.717, 1.165) is 12.2 Å². The van der Waals surface area contributed by atoms with Gasteiger partial charge in [0.2, 0.25) is 0 Å². The Morgan fingerprint density at radius 2 is 1.83 bits per heavy atom. The number of thiol groups is 3. The molecule has 38 valence electrons. The van der Waals surface area contributed by atoms with Crippen molar-refractivity contribution < 1.29 is 0 Å². The first-order valence-electron chi connectivity index (χ1n) is 1.74. The van der Waals surface area contributed by atoms with Gasteiger partial charge in [0.25, 0.3) is 0 Å². The van der Waals surface area contributed by atoms with Crippen molar-refractivity contribution in [2.24, 2.45) is 0 Å². The topological polar surface area (TPSA) is 0 Å². The first-order valence-corrected chi connectivity index (χ1v) is 3.41. The molecule has 0 aromatic heterocycles. The maximum Gasteiger partial charge on any atom is 0.0450 e. The third-order valence-electron chi connectivity index (χ3n) is 0.387. The molecule has 6 heavy (non-hydrogen) atoms. The molecule has 0 aromatic rings. The van der Waals surface area contributed by atoms with E-state index in [9.17, 15) is 0 Å². The molecule has 0 aromatic carbocycles. The fourth-order valence-corrected chi connectivity index (χ4v) is 1.04. The maximum atomic E-state index is 3.99. The second kappa shape index (κ2) is 4.22. The Kier molecular flexibility index (Phi) is 4.95. The Morgan fingerprint density at radius 1 is 1.33 bits per heavy atom. The molecule has 0 heterocycles. The van der Waals surface area contributed by atoms with E-state index in [0.29, 0.717) is 0 Å². The zero-order valence-corrected chi connectivity index (χ0v) is 6.02. The van der Waals surface area contributed by atoms with Crippen molar-refractivity contribution >= 4 is 37.9 Å². The average molecular weight is 140 g/mol. The lowest BCUT2D eigenvalue weighted by molar-refractivity contribution is 1.09. The first-order chi connectivity index (χ1) is 2.77. The zero-order valence-electron chi connectivity index (χ0n) is 3.33. The van der Waals surface area contributed by atoms with E-state index in [1.807, 2.05) is 0 Å². The summed E-state index contributed by atoms with van der Waals surface area (Å²) in [6.45, 7) is 0. The summed E-state index contributed by atoms with van der Waals surface area (Å²) in [6.07, 6.45) is 0.968. The van der Waals surface area contributed by atoms with Crippen molar-refractivity contribution in [2.75, 3.05) is 5.75 Å². The summed E-state index contributed by atoms with van der Waals surface area (Å²) in [7, 11) is 0. The molecule has 0 aliphatic carbocycles. The Labute approximate surface area is 54.9 Å². The maximum absolute atomic E-state index is 3.99. The minimum atomic E-state index is 0.211. The molecule has 0 aliphatic rings. The van der Waals surface area contributed by atoms with Crippen LogP contribution in [0.15, 0.2) is 0 Å². The van der Waals surface area contributed by atoms with Crippen LogP contribution in [0.3, 0.4) is 0 Å². The number of hydrogen-bond acceptors (Lipinski definition) is 3. The van der Waals surface area contributed by atoms with Gasteiger partial charge in [0, 0.05) is 4.58 Å². The summed E-state index contributed by atoms with van der Waals surface area (Å²) in [4.78, 5) is 0. The van der Waals surface area contributed by atoms with E-state index in [1.165, 1.54) is 0 Å². The predicted octanol–water partition coefficient (Wildman–Crippen LogP) is 1.49. The zero-order chi connectivity index (χ0) is 4.99. The van der Waals surface area contributed by atoms with Crippen molar-refractivity contribution in [1.29, 1.82) is 0 Å². The highest BCUT2D eigenvalue weighted by atomic mass is 32.2. The Bertz CT molecular complexity index is 27.2. The Morgan fingerprint density at radius 3 is 1.83 bits per heavy atom. The molecule has 0 N–H and O–H groups in total. The molecule has 3 heteroatoms. The van der Waals surface area contributed by atoms with Gasteiger partial charge in [-0.15, -0.1) is 0 Å². The first kappa shape index (κ1) is 7.05. The highest BCUT2D eigenvalue weighted by molar-refractivity contribution is 7.99. The molecule has 0 radical (unpaired) electrons. The minimum Gasteiger partial charge on any atom is -0.179 e. The monoisotopic (exact) mass is 140 g/mol. The summed E-state index contributed by atoms with van der Waals surface area (Å²) >= 11 is 11.9. The van der Waals surface area contributed by atoms with E-state index in [4.69, 9.17) is 0 Å². The quantitative estimate of drug-likeness (QED) is 0.376. The Balaban J connectivity index is 2.63. The number of hydrogen-bond donors (Lipinski definition) is 3. The molecule has 0 saturated carbocycles.